The van der Waals surface area contributed by atoms with Gasteiger partial charge in [0.15, 0.2) is 5.70 Å². The van der Waals surface area contributed by atoms with Gasteiger partial charge in [-0.2, -0.15) is 0 Å². The Labute approximate surface area is 174 Å². The third-order valence-electron chi connectivity index (χ3n) is 5.22. The SMILES string of the molecule is Cc1cccc(C2=N/C(=C\c3cc4ccccc4nc3N3CCOCC3)C(=O)O2)c1. The summed E-state index contributed by atoms with van der Waals surface area (Å²) in [5.74, 6) is 0.709. The Balaban J connectivity index is 1.59. The average molecular weight is 399 g/mol. The molecule has 0 spiro atoms. The first-order chi connectivity index (χ1) is 14.7. The van der Waals surface area contributed by atoms with Crippen molar-refractivity contribution in [3.05, 3.63) is 77.0 Å². The molecule has 3 heterocycles. The van der Waals surface area contributed by atoms with Crippen LogP contribution in [-0.2, 0) is 14.3 Å². The summed E-state index contributed by atoms with van der Waals surface area (Å²) in [5, 5.41) is 1.01. The first kappa shape index (κ1) is 18.5. The topological polar surface area (TPSA) is 64.0 Å². The van der Waals surface area contributed by atoms with Gasteiger partial charge in [-0.1, -0.05) is 35.9 Å². The van der Waals surface area contributed by atoms with E-state index in [4.69, 9.17) is 14.5 Å². The number of pyridine rings is 1. The van der Waals surface area contributed by atoms with Gasteiger partial charge in [-0.3, -0.25) is 0 Å². The number of morpholine rings is 1. The van der Waals surface area contributed by atoms with Crippen LogP contribution in [0.4, 0.5) is 5.82 Å². The number of aromatic nitrogens is 1. The van der Waals surface area contributed by atoms with E-state index in [2.05, 4.69) is 9.89 Å². The van der Waals surface area contributed by atoms with Crippen LogP contribution in [0.5, 0.6) is 0 Å². The fourth-order valence-corrected chi connectivity index (χ4v) is 3.71. The smallest absolute Gasteiger partial charge is 0.363 e. The minimum absolute atomic E-state index is 0.276. The van der Waals surface area contributed by atoms with Crippen molar-refractivity contribution in [2.24, 2.45) is 4.99 Å². The van der Waals surface area contributed by atoms with Gasteiger partial charge >= 0.3 is 5.97 Å². The quantitative estimate of drug-likeness (QED) is 0.496. The molecule has 2 aliphatic rings. The van der Waals surface area contributed by atoms with Crippen LogP contribution >= 0.6 is 0 Å². The number of rotatable bonds is 3. The van der Waals surface area contributed by atoms with Gasteiger partial charge in [0.2, 0.25) is 5.90 Å². The fourth-order valence-electron chi connectivity index (χ4n) is 3.71. The Bertz CT molecular complexity index is 1190. The monoisotopic (exact) mass is 399 g/mol. The zero-order valence-electron chi connectivity index (χ0n) is 16.7. The number of fused-ring (bicyclic) bond motifs is 1. The molecule has 0 N–H and O–H groups in total. The molecule has 1 saturated heterocycles. The predicted molar refractivity (Wildman–Crippen MR) is 117 cm³/mol. The number of hydrogen-bond donors (Lipinski definition) is 0. The molecule has 30 heavy (non-hydrogen) atoms. The van der Waals surface area contributed by atoms with Gasteiger partial charge in [-0.15, -0.1) is 0 Å². The summed E-state index contributed by atoms with van der Waals surface area (Å²) in [6.45, 7) is 4.81. The van der Waals surface area contributed by atoms with Crippen molar-refractivity contribution in [1.29, 1.82) is 0 Å². The number of para-hydroxylation sites is 1. The molecule has 2 aliphatic heterocycles. The van der Waals surface area contributed by atoms with Crippen molar-refractivity contribution in [3.8, 4) is 0 Å². The molecule has 0 aliphatic carbocycles. The largest absolute Gasteiger partial charge is 0.402 e. The summed E-state index contributed by atoms with van der Waals surface area (Å²) in [4.78, 5) is 24.1. The highest BCUT2D eigenvalue weighted by Gasteiger charge is 2.25. The lowest BCUT2D eigenvalue weighted by molar-refractivity contribution is -0.129. The molecule has 0 saturated carbocycles. The summed E-state index contributed by atoms with van der Waals surface area (Å²) >= 11 is 0. The highest BCUT2D eigenvalue weighted by molar-refractivity contribution is 6.13. The maximum atomic E-state index is 12.5. The van der Waals surface area contributed by atoms with Gasteiger partial charge < -0.3 is 14.4 Å². The van der Waals surface area contributed by atoms with Gasteiger partial charge in [0.05, 0.1) is 18.7 Å². The van der Waals surface area contributed by atoms with Crippen LogP contribution in [-0.4, -0.2) is 43.2 Å². The molecule has 0 radical (unpaired) electrons. The van der Waals surface area contributed by atoms with E-state index >= 15 is 0 Å². The number of anilines is 1. The normalized spacial score (nSPS) is 18.0. The van der Waals surface area contributed by atoms with Crippen molar-refractivity contribution < 1.29 is 14.3 Å². The molecule has 0 unspecified atom stereocenters. The van der Waals surface area contributed by atoms with Crippen LogP contribution in [0.2, 0.25) is 0 Å². The molecule has 5 rings (SSSR count). The lowest BCUT2D eigenvalue weighted by atomic mass is 10.1. The molecule has 1 aromatic heterocycles. The lowest BCUT2D eigenvalue weighted by Crippen LogP contribution is -2.37. The van der Waals surface area contributed by atoms with E-state index in [0.29, 0.717) is 19.1 Å². The molecule has 1 fully saturated rings. The average Bonchev–Trinajstić information content (AvgIpc) is 3.14. The third kappa shape index (κ3) is 3.57. The Morgan fingerprint density at radius 1 is 1.03 bits per heavy atom. The summed E-state index contributed by atoms with van der Waals surface area (Å²) in [5.41, 5.74) is 3.91. The van der Waals surface area contributed by atoms with Crippen LogP contribution in [0.15, 0.2) is 65.3 Å². The first-order valence-corrected chi connectivity index (χ1v) is 9.99. The second kappa shape index (κ2) is 7.72. The maximum absolute atomic E-state index is 12.5. The molecule has 3 aromatic rings. The summed E-state index contributed by atoms with van der Waals surface area (Å²) in [7, 11) is 0. The number of carbonyl (C=O) groups excluding carboxylic acids is 1. The molecule has 6 nitrogen and oxygen atoms in total. The highest BCUT2D eigenvalue weighted by Crippen LogP contribution is 2.28. The number of aryl methyl sites for hydroxylation is 1. The van der Waals surface area contributed by atoms with Crippen molar-refractivity contribution in [2.45, 2.75) is 6.92 Å². The summed E-state index contributed by atoms with van der Waals surface area (Å²) < 4.78 is 10.9. The van der Waals surface area contributed by atoms with Gasteiger partial charge in [0.25, 0.3) is 0 Å². The van der Waals surface area contributed by atoms with Crippen molar-refractivity contribution in [1.82, 2.24) is 4.98 Å². The predicted octanol–water partition coefficient (Wildman–Crippen LogP) is 3.72. The molecular weight excluding hydrogens is 378 g/mol. The van der Waals surface area contributed by atoms with E-state index < -0.39 is 5.97 Å². The van der Waals surface area contributed by atoms with Crippen LogP contribution < -0.4 is 4.90 Å². The minimum Gasteiger partial charge on any atom is -0.402 e. The van der Waals surface area contributed by atoms with E-state index in [-0.39, 0.29) is 5.70 Å². The number of esters is 1. The van der Waals surface area contributed by atoms with Gasteiger partial charge in [-0.25, -0.2) is 14.8 Å². The number of nitrogens with zero attached hydrogens (tertiary/aromatic N) is 3. The highest BCUT2D eigenvalue weighted by atomic mass is 16.6. The van der Waals surface area contributed by atoms with E-state index in [1.54, 1.807) is 6.08 Å². The maximum Gasteiger partial charge on any atom is 0.363 e. The van der Waals surface area contributed by atoms with Gasteiger partial charge in [0.1, 0.15) is 5.82 Å². The Hall–Kier alpha value is -3.51. The van der Waals surface area contributed by atoms with Gasteiger partial charge in [-0.05, 0) is 37.3 Å². The van der Waals surface area contributed by atoms with E-state index in [1.807, 2.05) is 61.5 Å². The van der Waals surface area contributed by atoms with E-state index in [0.717, 1.165) is 46.5 Å². The third-order valence-corrected chi connectivity index (χ3v) is 5.22. The van der Waals surface area contributed by atoms with Crippen molar-refractivity contribution in [3.63, 3.8) is 0 Å². The zero-order valence-corrected chi connectivity index (χ0v) is 16.7. The Morgan fingerprint density at radius 3 is 2.70 bits per heavy atom. The van der Waals surface area contributed by atoms with Crippen LogP contribution in [0, 0.1) is 6.92 Å². The Kier molecular flexibility index (Phi) is 4.77. The molecule has 0 amide bonds. The molecule has 0 atom stereocenters. The summed E-state index contributed by atoms with van der Waals surface area (Å²) in [6, 6.07) is 17.8. The van der Waals surface area contributed by atoms with E-state index in [9.17, 15) is 4.79 Å². The molecule has 150 valence electrons. The second-order valence-electron chi connectivity index (χ2n) is 7.40. The fraction of sp³-hybridized carbons (Fsp3) is 0.208. The van der Waals surface area contributed by atoms with Gasteiger partial charge in [0, 0.05) is 29.6 Å². The number of ether oxygens (including phenoxy) is 2. The number of aliphatic imine (C=N–C) groups is 1. The summed E-state index contributed by atoms with van der Waals surface area (Å²) in [6.07, 6.45) is 1.77. The molecule has 2 aromatic carbocycles. The van der Waals surface area contributed by atoms with Crippen LogP contribution in [0.25, 0.3) is 17.0 Å². The van der Waals surface area contributed by atoms with Crippen LogP contribution in [0.1, 0.15) is 16.7 Å². The minimum atomic E-state index is -0.451. The number of benzene rings is 2. The number of carbonyl (C=O) groups is 1. The molecule has 6 heteroatoms. The van der Waals surface area contributed by atoms with E-state index in [1.165, 1.54) is 0 Å². The van der Waals surface area contributed by atoms with Crippen molar-refractivity contribution in [2.75, 3.05) is 31.2 Å². The number of hydrogen-bond acceptors (Lipinski definition) is 6. The molecule has 0 bridgehead atoms. The second-order valence-corrected chi connectivity index (χ2v) is 7.40. The number of cyclic esters (lactones) is 1. The van der Waals surface area contributed by atoms with Crippen molar-refractivity contribution >= 4 is 34.7 Å². The molecular formula is C24H21N3O3. The van der Waals surface area contributed by atoms with Crippen LogP contribution in [0.3, 0.4) is 0 Å². The standard InChI is InChI=1S/C24H21N3O3/c1-16-5-4-7-18(13-16)23-26-21(24(28)30-23)15-19-14-17-6-2-3-8-20(17)25-22(19)27-9-11-29-12-10-27/h2-8,13-15H,9-12H2,1H3/b21-15-. The Morgan fingerprint density at radius 2 is 1.87 bits per heavy atom. The first-order valence-electron chi connectivity index (χ1n) is 9.99. The zero-order chi connectivity index (χ0) is 20.5. The lowest BCUT2D eigenvalue weighted by Gasteiger charge is -2.29.